The largest absolute Gasteiger partial charge is 0.392 e. The van der Waals surface area contributed by atoms with E-state index in [1.807, 2.05) is 0 Å². The highest BCUT2D eigenvalue weighted by Gasteiger charge is 2.20. The maximum Gasteiger partial charge on any atom is 0.262 e. The van der Waals surface area contributed by atoms with E-state index < -0.39 is 15.8 Å². The third-order valence-electron chi connectivity index (χ3n) is 3.06. The summed E-state index contributed by atoms with van der Waals surface area (Å²) in [5.74, 6) is -0.466. The second-order valence-electron chi connectivity index (χ2n) is 4.83. The fourth-order valence-corrected chi connectivity index (χ4v) is 3.77. The normalized spacial score (nSPS) is 11.4. The third-order valence-corrected chi connectivity index (χ3v) is 4.74. The number of sulfonamides is 1. The minimum atomic E-state index is -3.81. The molecule has 2 rings (SSSR count). The summed E-state index contributed by atoms with van der Waals surface area (Å²) in [4.78, 5) is 0.0679. The molecule has 0 saturated heterocycles. The fraction of sp³-hybridized carbons (Fsp3) is 0.200. The van der Waals surface area contributed by atoms with Crippen molar-refractivity contribution in [3.05, 3.63) is 58.9 Å². The van der Waals surface area contributed by atoms with Gasteiger partial charge in [-0.2, -0.15) is 0 Å². The van der Waals surface area contributed by atoms with Crippen LogP contribution in [0.1, 0.15) is 16.7 Å². The molecule has 0 radical (unpaired) electrons. The van der Waals surface area contributed by atoms with Crippen LogP contribution in [0.4, 0.5) is 10.1 Å². The minimum Gasteiger partial charge on any atom is -0.392 e. The van der Waals surface area contributed by atoms with Gasteiger partial charge in [0.15, 0.2) is 0 Å². The Balaban J connectivity index is 2.43. The van der Waals surface area contributed by atoms with Gasteiger partial charge in [0, 0.05) is 5.69 Å². The Labute approximate surface area is 123 Å². The molecule has 2 aromatic rings. The highest BCUT2D eigenvalue weighted by molar-refractivity contribution is 7.92. The van der Waals surface area contributed by atoms with Crippen molar-refractivity contribution in [3.63, 3.8) is 0 Å². The number of rotatable bonds is 4. The molecule has 0 aliphatic carbocycles. The van der Waals surface area contributed by atoms with E-state index in [9.17, 15) is 12.8 Å². The van der Waals surface area contributed by atoms with Crippen LogP contribution in [0.3, 0.4) is 0 Å². The average molecular weight is 309 g/mol. The highest BCUT2D eigenvalue weighted by Crippen LogP contribution is 2.24. The van der Waals surface area contributed by atoms with Gasteiger partial charge in [-0.15, -0.1) is 0 Å². The zero-order valence-corrected chi connectivity index (χ0v) is 12.5. The predicted molar refractivity (Wildman–Crippen MR) is 79.0 cm³/mol. The van der Waals surface area contributed by atoms with Crippen LogP contribution in [0, 0.1) is 19.7 Å². The SMILES string of the molecule is Cc1cc(F)cc(C)c1S(=O)(=O)Nc1cccc(CO)c1. The van der Waals surface area contributed by atoms with Crippen LogP contribution in [0.2, 0.25) is 0 Å². The van der Waals surface area contributed by atoms with E-state index in [1.165, 1.54) is 12.1 Å². The summed E-state index contributed by atoms with van der Waals surface area (Å²) in [7, 11) is -3.81. The van der Waals surface area contributed by atoms with Crippen LogP contribution < -0.4 is 4.72 Å². The van der Waals surface area contributed by atoms with Gasteiger partial charge in [0.25, 0.3) is 10.0 Å². The first kappa shape index (κ1) is 15.5. The summed E-state index contributed by atoms with van der Waals surface area (Å²) in [6, 6.07) is 8.84. The van der Waals surface area contributed by atoms with Crippen molar-refractivity contribution >= 4 is 15.7 Å². The van der Waals surface area contributed by atoms with E-state index in [2.05, 4.69) is 4.72 Å². The molecule has 0 fully saturated rings. The number of hydrogen-bond acceptors (Lipinski definition) is 3. The molecule has 6 heteroatoms. The van der Waals surface area contributed by atoms with Gasteiger partial charge in [-0.25, -0.2) is 12.8 Å². The van der Waals surface area contributed by atoms with E-state index in [0.29, 0.717) is 22.4 Å². The predicted octanol–water partition coefficient (Wildman–Crippen LogP) is 2.74. The van der Waals surface area contributed by atoms with Gasteiger partial charge in [-0.05, 0) is 54.8 Å². The van der Waals surface area contributed by atoms with E-state index in [-0.39, 0.29) is 11.5 Å². The first-order valence-corrected chi connectivity index (χ1v) is 7.81. The van der Waals surface area contributed by atoms with Crippen molar-refractivity contribution in [2.75, 3.05) is 4.72 Å². The Kier molecular flexibility index (Phi) is 4.29. The van der Waals surface area contributed by atoms with E-state index in [0.717, 1.165) is 0 Å². The molecule has 4 nitrogen and oxygen atoms in total. The zero-order chi connectivity index (χ0) is 15.6. The lowest BCUT2D eigenvalue weighted by molar-refractivity contribution is 0.282. The summed E-state index contributed by atoms with van der Waals surface area (Å²) in [5, 5.41) is 9.08. The topological polar surface area (TPSA) is 66.4 Å². The second kappa shape index (κ2) is 5.83. The number of halogens is 1. The summed E-state index contributed by atoms with van der Waals surface area (Å²) < 4.78 is 40.6. The first-order chi connectivity index (χ1) is 9.83. The number of nitrogens with one attached hydrogen (secondary N) is 1. The molecule has 0 unspecified atom stereocenters. The molecule has 2 aromatic carbocycles. The van der Waals surface area contributed by atoms with E-state index in [1.54, 1.807) is 38.1 Å². The standard InChI is InChI=1S/C15H16FNO3S/c1-10-6-13(16)7-11(2)15(10)21(19,20)17-14-5-3-4-12(8-14)9-18/h3-8,17-18H,9H2,1-2H3. The molecule has 0 atom stereocenters. The van der Waals surface area contributed by atoms with Crippen LogP contribution in [-0.4, -0.2) is 13.5 Å². The fourth-order valence-electron chi connectivity index (χ4n) is 2.26. The van der Waals surface area contributed by atoms with Gasteiger partial charge in [0.2, 0.25) is 0 Å². The van der Waals surface area contributed by atoms with Gasteiger partial charge in [-0.3, -0.25) is 4.72 Å². The average Bonchev–Trinajstić information content (AvgIpc) is 2.36. The van der Waals surface area contributed by atoms with E-state index >= 15 is 0 Å². The van der Waals surface area contributed by atoms with Crippen LogP contribution in [-0.2, 0) is 16.6 Å². The Hall–Kier alpha value is -1.92. The highest BCUT2D eigenvalue weighted by atomic mass is 32.2. The molecule has 0 amide bonds. The molecular weight excluding hydrogens is 293 g/mol. The summed E-state index contributed by atoms with van der Waals surface area (Å²) in [6.07, 6.45) is 0. The molecule has 2 N–H and O–H groups in total. The number of hydrogen-bond donors (Lipinski definition) is 2. The molecule has 0 bridgehead atoms. The van der Waals surface area contributed by atoms with Gasteiger partial charge in [-0.1, -0.05) is 12.1 Å². The lowest BCUT2D eigenvalue weighted by atomic mass is 10.1. The molecular formula is C15H16FNO3S. The Morgan fingerprint density at radius 1 is 1.14 bits per heavy atom. The Morgan fingerprint density at radius 3 is 2.33 bits per heavy atom. The van der Waals surface area contributed by atoms with E-state index in [4.69, 9.17) is 5.11 Å². The van der Waals surface area contributed by atoms with Crippen molar-refractivity contribution < 1.29 is 17.9 Å². The van der Waals surface area contributed by atoms with Crippen LogP contribution in [0.15, 0.2) is 41.3 Å². The lowest BCUT2D eigenvalue weighted by Crippen LogP contribution is -2.16. The number of aliphatic hydroxyl groups excluding tert-OH is 1. The van der Waals surface area contributed by atoms with Crippen molar-refractivity contribution in [3.8, 4) is 0 Å². The molecule has 0 aliphatic rings. The van der Waals surface area contributed by atoms with Gasteiger partial charge in [0.05, 0.1) is 11.5 Å². The van der Waals surface area contributed by atoms with Crippen LogP contribution >= 0.6 is 0 Å². The Bertz CT molecular complexity index is 749. The Morgan fingerprint density at radius 2 is 1.76 bits per heavy atom. The van der Waals surface area contributed by atoms with Crippen LogP contribution in [0.5, 0.6) is 0 Å². The molecule has 0 heterocycles. The third kappa shape index (κ3) is 3.40. The smallest absolute Gasteiger partial charge is 0.262 e. The van der Waals surface area contributed by atoms with Crippen molar-refractivity contribution in [2.45, 2.75) is 25.3 Å². The monoisotopic (exact) mass is 309 g/mol. The number of aryl methyl sites for hydroxylation is 2. The van der Waals surface area contributed by atoms with Gasteiger partial charge < -0.3 is 5.11 Å². The molecule has 112 valence electrons. The minimum absolute atomic E-state index is 0.0679. The maximum atomic E-state index is 13.3. The lowest BCUT2D eigenvalue weighted by Gasteiger charge is -2.13. The number of anilines is 1. The molecule has 0 spiro atoms. The summed E-state index contributed by atoms with van der Waals surface area (Å²) in [5.41, 5.74) is 1.64. The van der Waals surface area contributed by atoms with Gasteiger partial charge >= 0.3 is 0 Å². The van der Waals surface area contributed by atoms with Gasteiger partial charge in [0.1, 0.15) is 5.82 Å². The summed E-state index contributed by atoms with van der Waals surface area (Å²) >= 11 is 0. The molecule has 0 aromatic heterocycles. The number of aliphatic hydroxyl groups is 1. The van der Waals surface area contributed by atoms with Crippen molar-refractivity contribution in [1.29, 1.82) is 0 Å². The first-order valence-electron chi connectivity index (χ1n) is 6.33. The molecule has 21 heavy (non-hydrogen) atoms. The van der Waals surface area contributed by atoms with Crippen molar-refractivity contribution in [2.24, 2.45) is 0 Å². The molecule has 0 aliphatic heterocycles. The number of benzene rings is 2. The maximum absolute atomic E-state index is 13.3. The molecule has 0 saturated carbocycles. The quantitative estimate of drug-likeness (QED) is 0.912. The second-order valence-corrected chi connectivity index (χ2v) is 6.45. The van der Waals surface area contributed by atoms with Crippen molar-refractivity contribution in [1.82, 2.24) is 0 Å². The zero-order valence-electron chi connectivity index (χ0n) is 11.7. The van der Waals surface area contributed by atoms with Crippen LogP contribution in [0.25, 0.3) is 0 Å². The summed E-state index contributed by atoms with van der Waals surface area (Å²) in [6.45, 7) is 2.92.